The van der Waals surface area contributed by atoms with Crippen LogP contribution in [0.4, 0.5) is 0 Å². The summed E-state index contributed by atoms with van der Waals surface area (Å²) in [5.74, 6) is 0.591. The van der Waals surface area contributed by atoms with E-state index in [0.717, 1.165) is 23.3 Å². The van der Waals surface area contributed by atoms with Gasteiger partial charge in [0.15, 0.2) is 0 Å². The first kappa shape index (κ1) is 15.3. The van der Waals surface area contributed by atoms with Crippen LogP contribution in [-0.4, -0.2) is 42.1 Å². The monoisotopic (exact) mass is 306 g/mol. The summed E-state index contributed by atoms with van der Waals surface area (Å²) in [5.41, 5.74) is 2.16. The Labute approximate surface area is 129 Å². The number of fused-ring (bicyclic) bond motifs is 3. The molecule has 0 bridgehead atoms. The third-order valence-electron chi connectivity index (χ3n) is 4.85. The highest BCUT2D eigenvalue weighted by atomic mass is 16.5. The SMILES string of the molecule is COC(=O)CCCc1cccc2c1O[C@@H]1C[C@@H](O)[C@H](CO)[C@H]21. The third kappa shape index (κ3) is 2.59. The van der Waals surface area contributed by atoms with Gasteiger partial charge in [-0.1, -0.05) is 18.2 Å². The summed E-state index contributed by atoms with van der Waals surface area (Å²) in [5, 5.41) is 19.6. The molecule has 0 saturated heterocycles. The van der Waals surface area contributed by atoms with E-state index in [1.165, 1.54) is 7.11 Å². The molecule has 0 unspecified atom stereocenters. The third-order valence-corrected chi connectivity index (χ3v) is 4.85. The first-order valence-electron chi connectivity index (χ1n) is 7.80. The maximum atomic E-state index is 11.2. The summed E-state index contributed by atoms with van der Waals surface area (Å²) in [6.45, 7) is -0.0301. The Balaban J connectivity index is 1.76. The fourth-order valence-corrected chi connectivity index (χ4v) is 3.75. The van der Waals surface area contributed by atoms with Crippen LogP contribution in [0.2, 0.25) is 0 Å². The highest BCUT2D eigenvalue weighted by Crippen LogP contribution is 2.51. The van der Waals surface area contributed by atoms with Crippen molar-refractivity contribution in [2.75, 3.05) is 13.7 Å². The number of aliphatic hydroxyl groups is 2. The number of hydrogen-bond acceptors (Lipinski definition) is 5. The Bertz CT molecular complexity index is 556. The molecule has 1 saturated carbocycles. The highest BCUT2D eigenvalue weighted by Gasteiger charge is 2.49. The molecule has 3 rings (SSSR count). The number of carbonyl (C=O) groups is 1. The average molecular weight is 306 g/mol. The van der Waals surface area contributed by atoms with Crippen LogP contribution < -0.4 is 4.74 Å². The van der Waals surface area contributed by atoms with E-state index >= 15 is 0 Å². The van der Waals surface area contributed by atoms with Gasteiger partial charge in [-0.15, -0.1) is 0 Å². The molecule has 1 heterocycles. The molecule has 0 aromatic heterocycles. The molecule has 0 spiro atoms. The van der Waals surface area contributed by atoms with Crippen molar-refractivity contribution in [1.29, 1.82) is 0 Å². The number of carbonyl (C=O) groups excluding carboxylic acids is 1. The van der Waals surface area contributed by atoms with Gasteiger partial charge in [-0.05, 0) is 18.4 Å². The number of rotatable bonds is 5. The lowest BCUT2D eigenvalue weighted by molar-refractivity contribution is -0.140. The van der Waals surface area contributed by atoms with Gasteiger partial charge < -0.3 is 19.7 Å². The molecular weight excluding hydrogens is 284 g/mol. The van der Waals surface area contributed by atoms with Crippen LogP contribution in [0.3, 0.4) is 0 Å². The van der Waals surface area contributed by atoms with Crippen LogP contribution in [0.25, 0.3) is 0 Å². The topological polar surface area (TPSA) is 76.0 Å². The van der Waals surface area contributed by atoms with Gasteiger partial charge in [-0.3, -0.25) is 4.79 Å². The molecule has 2 aliphatic rings. The van der Waals surface area contributed by atoms with Crippen molar-refractivity contribution >= 4 is 5.97 Å². The van der Waals surface area contributed by atoms with Crippen LogP contribution in [-0.2, 0) is 16.0 Å². The second kappa shape index (κ2) is 6.26. The van der Waals surface area contributed by atoms with Crippen molar-refractivity contribution < 1.29 is 24.5 Å². The van der Waals surface area contributed by atoms with E-state index in [-0.39, 0.29) is 30.5 Å². The lowest BCUT2D eigenvalue weighted by Gasteiger charge is -2.18. The summed E-state index contributed by atoms with van der Waals surface area (Å²) in [6, 6.07) is 6.02. The smallest absolute Gasteiger partial charge is 0.305 e. The zero-order valence-electron chi connectivity index (χ0n) is 12.7. The molecule has 1 fully saturated rings. The zero-order chi connectivity index (χ0) is 15.7. The predicted octanol–water partition coefficient (Wildman–Crippen LogP) is 1.40. The minimum Gasteiger partial charge on any atom is -0.489 e. The number of aliphatic hydroxyl groups excluding tert-OH is 2. The molecule has 1 aromatic carbocycles. The van der Waals surface area contributed by atoms with Gasteiger partial charge in [0.05, 0.1) is 13.2 Å². The maximum absolute atomic E-state index is 11.2. The van der Waals surface area contributed by atoms with Gasteiger partial charge in [0.2, 0.25) is 0 Å². The molecule has 120 valence electrons. The number of hydrogen-bond donors (Lipinski definition) is 2. The first-order chi connectivity index (χ1) is 10.7. The molecule has 5 heteroatoms. The molecule has 4 atom stereocenters. The Morgan fingerprint density at radius 1 is 1.45 bits per heavy atom. The Morgan fingerprint density at radius 3 is 3.00 bits per heavy atom. The van der Waals surface area contributed by atoms with Gasteiger partial charge in [0.25, 0.3) is 0 Å². The second-order valence-electron chi connectivity index (χ2n) is 6.10. The van der Waals surface area contributed by atoms with Crippen LogP contribution in [0.5, 0.6) is 5.75 Å². The quantitative estimate of drug-likeness (QED) is 0.804. The Morgan fingerprint density at radius 2 is 2.27 bits per heavy atom. The summed E-state index contributed by atoms with van der Waals surface area (Å²) < 4.78 is 10.7. The summed E-state index contributed by atoms with van der Waals surface area (Å²) >= 11 is 0. The normalized spacial score (nSPS) is 28.9. The summed E-state index contributed by atoms with van der Waals surface area (Å²) in [4.78, 5) is 11.2. The summed E-state index contributed by atoms with van der Waals surface area (Å²) in [6.07, 6.45) is 1.87. The summed E-state index contributed by atoms with van der Waals surface area (Å²) in [7, 11) is 1.40. The molecule has 22 heavy (non-hydrogen) atoms. The number of esters is 1. The lowest BCUT2D eigenvalue weighted by atomic mass is 9.87. The molecule has 2 N–H and O–H groups in total. The van der Waals surface area contributed by atoms with E-state index in [1.54, 1.807) is 0 Å². The first-order valence-corrected chi connectivity index (χ1v) is 7.80. The molecule has 1 aliphatic carbocycles. The molecule has 1 aromatic rings. The van der Waals surface area contributed by atoms with Crippen molar-refractivity contribution in [3.63, 3.8) is 0 Å². The van der Waals surface area contributed by atoms with E-state index in [2.05, 4.69) is 4.74 Å². The molecule has 1 aliphatic heterocycles. The fourth-order valence-electron chi connectivity index (χ4n) is 3.75. The van der Waals surface area contributed by atoms with Crippen molar-refractivity contribution in [2.45, 2.75) is 43.8 Å². The second-order valence-corrected chi connectivity index (χ2v) is 6.10. The van der Waals surface area contributed by atoms with E-state index in [9.17, 15) is 15.0 Å². The van der Waals surface area contributed by atoms with E-state index < -0.39 is 6.10 Å². The van der Waals surface area contributed by atoms with Crippen LogP contribution in [0.15, 0.2) is 18.2 Å². The van der Waals surface area contributed by atoms with Crippen LogP contribution >= 0.6 is 0 Å². The minimum absolute atomic E-state index is 0.0301. The van der Waals surface area contributed by atoms with E-state index in [1.807, 2.05) is 18.2 Å². The average Bonchev–Trinajstić information content (AvgIpc) is 3.02. The van der Waals surface area contributed by atoms with Gasteiger partial charge in [0.1, 0.15) is 11.9 Å². The van der Waals surface area contributed by atoms with E-state index in [4.69, 9.17) is 4.74 Å². The standard InChI is InChI=1S/C17H22O5/c1-21-15(20)7-3-5-10-4-2-6-11-16-12(9-18)13(19)8-14(16)22-17(10)11/h2,4,6,12-14,16,18-19H,3,5,7-9H2,1H3/t12-,13+,14+,16-/m0/s1. The van der Waals surface area contributed by atoms with Gasteiger partial charge >= 0.3 is 5.97 Å². The van der Waals surface area contributed by atoms with Gasteiger partial charge in [-0.25, -0.2) is 0 Å². The predicted molar refractivity (Wildman–Crippen MR) is 79.8 cm³/mol. The van der Waals surface area contributed by atoms with E-state index in [0.29, 0.717) is 19.3 Å². The minimum atomic E-state index is -0.504. The highest BCUT2D eigenvalue weighted by molar-refractivity contribution is 5.69. The number of methoxy groups -OCH3 is 1. The van der Waals surface area contributed by atoms with Crippen molar-refractivity contribution in [3.05, 3.63) is 29.3 Å². The number of benzene rings is 1. The maximum Gasteiger partial charge on any atom is 0.305 e. The lowest BCUT2D eigenvalue weighted by Crippen LogP contribution is -2.22. The molecule has 0 amide bonds. The number of ether oxygens (including phenoxy) is 2. The number of para-hydroxylation sites is 1. The van der Waals surface area contributed by atoms with Crippen molar-refractivity contribution in [2.24, 2.45) is 5.92 Å². The fraction of sp³-hybridized carbons (Fsp3) is 0.588. The van der Waals surface area contributed by atoms with Gasteiger partial charge in [0, 0.05) is 36.8 Å². The number of aryl methyl sites for hydroxylation is 1. The van der Waals surface area contributed by atoms with Crippen molar-refractivity contribution in [3.8, 4) is 5.75 Å². The molecule has 0 radical (unpaired) electrons. The van der Waals surface area contributed by atoms with Crippen molar-refractivity contribution in [1.82, 2.24) is 0 Å². The molecular formula is C17H22O5. The zero-order valence-corrected chi connectivity index (χ0v) is 12.7. The van der Waals surface area contributed by atoms with Crippen LogP contribution in [0.1, 0.15) is 36.3 Å². The van der Waals surface area contributed by atoms with Gasteiger partial charge in [-0.2, -0.15) is 0 Å². The largest absolute Gasteiger partial charge is 0.489 e. The molecule has 5 nitrogen and oxygen atoms in total. The van der Waals surface area contributed by atoms with Crippen LogP contribution in [0, 0.1) is 5.92 Å². The Kier molecular flexibility index (Phi) is 4.36. The Hall–Kier alpha value is -1.59.